The van der Waals surface area contributed by atoms with E-state index in [9.17, 15) is 14.4 Å². The first-order valence-electron chi connectivity index (χ1n) is 8.91. The summed E-state index contributed by atoms with van der Waals surface area (Å²) in [6.07, 6.45) is 0. The Labute approximate surface area is 160 Å². The van der Waals surface area contributed by atoms with Crippen molar-refractivity contribution in [1.82, 2.24) is 10.6 Å². The van der Waals surface area contributed by atoms with E-state index in [1.54, 1.807) is 26.0 Å². The fraction of sp³-hybridized carbons (Fsp3) is 0.550. The third kappa shape index (κ3) is 6.67. The molecule has 1 aromatic carbocycles. The standard InChI is InChI=1S/C20H30N2O5/c1-12(2)16(18(24)21-15(11-27-6)19(25)26)22-17(23)13-7-9-14(10-8-13)20(3,4)5/h7-10,12,15-16H,11H2,1-6H3,(H,21,24)(H,22,23)(H,25,26). The highest BCUT2D eigenvalue weighted by Gasteiger charge is 2.29. The van der Waals surface area contributed by atoms with Crippen LogP contribution in [0.4, 0.5) is 0 Å². The SMILES string of the molecule is COCC(NC(=O)C(NC(=O)c1ccc(C(C)(C)C)cc1)C(C)C)C(=O)O. The van der Waals surface area contributed by atoms with Gasteiger partial charge in [0.15, 0.2) is 6.04 Å². The van der Waals surface area contributed by atoms with Crippen molar-refractivity contribution in [3.63, 3.8) is 0 Å². The lowest BCUT2D eigenvalue weighted by molar-refractivity contribution is -0.143. The number of hydrogen-bond acceptors (Lipinski definition) is 4. The van der Waals surface area contributed by atoms with E-state index in [0.29, 0.717) is 5.56 Å². The maximum atomic E-state index is 12.5. The monoisotopic (exact) mass is 378 g/mol. The van der Waals surface area contributed by atoms with E-state index >= 15 is 0 Å². The molecule has 0 bridgehead atoms. The summed E-state index contributed by atoms with van der Waals surface area (Å²) in [7, 11) is 1.35. The van der Waals surface area contributed by atoms with Gasteiger partial charge < -0.3 is 20.5 Å². The molecule has 2 amide bonds. The van der Waals surface area contributed by atoms with Crippen molar-refractivity contribution >= 4 is 17.8 Å². The van der Waals surface area contributed by atoms with E-state index in [-0.39, 0.29) is 23.8 Å². The first kappa shape index (κ1) is 22.6. The van der Waals surface area contributed by atoms with Crippen molar-refractivity contribution in [2.45, 2.75) is 52.1 Å². The van der Waals surface area contributed by atoms with Gasteiger partial charge in [-0.05, 0) is 29.0 Å². The molecule has 1 aromatic rings. The van der Waals surface area contributed by atoms with Gasteiger partial charge in [-0.3, -0.25) is 9.59 Å². The average molecular weight is 378 g/mol. The molecule has 0 aliphatic heterocycles. The summed E-state index contributed by atoms with van der Waals surface area (Å²) in [5.41, 5.74) is 1.51. The van der Waals surface area contributed by atoms with Gasteiger partial charge >= 0.3 is 5.97 Å². The minimum absolute atomic E-state index is 0.0252. The maximum Gasteiger partial charge on any atom is 0.328 e. The van der Waals surface area contributed by atoms with E-state index < -0.39 is 24.0 Å². The Hall–Kier alpha value is -2.41. The molecule has 2 unspecified atom stereocenters. The van der Waals surface area contributed by atoms with E-state index in [2.05, 4.69) is 31.4 Å². The first-order valence-corrected chi connectivity index (χ1v) is 8.91. The number of hydrogen-bond donors (Lipinski definition) is 3. The highest BCUT2D eigenvalue weighted by Crippen LogP contribution is 2.22. The Morgan fingerprint density at radius 1 is 1.07 bits per heavy atom. The number of carboxylic acid groups (broad SMARTS) is 1. The van der Waals surface area contributed by atoms with E-state index in [1.807, 2.05) is 12.1 Å². The van der Waals surface area contributed by atoms with Gasteiger partial charge in [-0.2, -0.15) is 0 Å². The molecular formula is C20H30N2O5. The largest absolute Gasteiger partial charge is 0.480 e. The van der Waals surface area contributed by atoms with Crippen LogP contribution in [0.1, 0.15) is 50.5 Å². The van der Waals surface area contributed by atoms with E-state index in [0.717, 1.165) is 5.56 Å². The van der Waals surface area contributed by atoms with Crippen LogP contribution < -0.4 is 10.6 Å². The molecule has 2 atom stereocenters. The molecule has 0 aliphatic carbocycles. The molecule has 7 nitrogen and oxygen atoms in total. The molecule has 0 radical (unpaired) electrons. The molecule has 0 saturated carbocycles. The van der Waals surface area contributed by atoms with Crippen molar-refractivity contribution in [2.75, 3.05) is 13.7 Å². The molecule has 27 heavy (non-hydrogen) atoms. The van der Waals surface area contributed by atoms with Gasteiger partial charge in [0, 0.05) is 12.7 Å². The number of ether oxygens (including phenoxy) is 1. The number of nitrogens with one attached hydrogen (secondary N) is 2. The lowest BCUT2D eigenvalue weighted by atomic mass is 9.86. The van der Waals surface area contributed by atoms with Gasteiger partial charge in [-0.25, -0.2) is 4.79 Å². The highest BCUT2D eigenvalue weighted by molar-refractivity contribution is 5.98. The zero-order chi connectivity index (χ0) is 20.8. The van der Waals surface area contributed by atoms with E-state index in [4.69, 9.17) is 9.84 Å². The second-order valence-corrected chi connectivity index (χ2v) is 7.88. The highest BCUT2D eigenvalue weighted by atomic mass is 16.5. The Bertz CT molecular complexity index is 662. The third-order valence-corrected chi connectivity index (χ3v) is 4.20. The van der Waals surface area contributed by atoms with Crippen LogP contribution in [0.25, 0.3) is 0 Å². The van der Waals surface area contributed by atoms with Gasteiger partial charge in [0.25, 0.3) is 5.91 Å². The number of benzene rings is 1. The fourth-order valence-electron chi connectivity index (χ4n) is 2.48. The smallest absolute Gasteiger partial charge is 0.328 e. The summed E-state index contributed by atoms with van der Waals surface area (Å²) in [5, 5.41) is 14.2. The molecular weight excluding hydrogens is 348 g/mol. The first-order chi connectivity index (χ1) is 12.5. The van der Waals surface area contributed by atoms with E-state index in [1.165, 1.54) is 7.11 Å². The van der Waals surface area contributed by atoms with Gasteiger partial charge in [0.1, 0.15) is 6.04 Å². The molecule has 0 aliphatic rings. The topological polar surface area (TPSA) is 105 Å². The average Bonchev–Trinajstić information content (AvgIpc) is 2.57. The summed E-state index contributed by atoms with van der Waals surface area (Å²) in [6.45, 7) is 9.65. The van der Waals surface area contributed by atoms with Crippen LogP contribution in [0.5, 0.6) is 0 Å². The van der Waals surface area contributed by atoms with Crippen molar-refractivity contribution in [1.29, 1.82) is 0 Å². The molecule has 0 saturated heterocycles. The van der Waals surface area contributed by atoms with Gasteiger partial charge in [0.2, 0.25) is 5.91 Å². The van der Waals surface area contributed by atoms with Crippen molar-refractivity contribution in [3.8, 4) is 0 Å². The van der Waals surface area contributed by atoms with Crippen LogP contribution in [-0.2, 0) is 19.7 Å². The summed E-state index contributed by atoms with van der Waals surface area (Å²) < 4.78 is 4.81. The second kappa shape index (κ2) is 9.50. The number of aliphatic carboxylic acids is 1. The molecule has 0 aromatic heterocycles. The molecule has 0 heterocycles. The maximum absolute atomic E-state index is 12.5. The zero-order valence-corrected chi connectivity index (χ0v) is 16.8. The Morgan fingerprint density at radius 3 is 2.04 bits per heavy atom. The van der Waals surface area contributed by atoms with Gasteiger partial charge in [0.05, 0.1) is 6.61 Å². The van der Waals surface area contributed by atoms with Gasteiger partial charge in [-0.15, -0.1) is 0 Å². The van der Waals surface area contributed by atoms with Crippen molar-refractivity contribution in [2.24, 2.45) is 5.92 Å². The Kier molecular flexibility index (Phi) is 7.97. The number of methoxy groups -OCH3 is 1. The summed E-state index contributed by atoms with van der Waals surface area (Å²) in [5.74, 6) is -2.37. The number of carboxylic acids is 1. The number of carbonyl (C=O) groups excluding carboxylic acids is 2. The number of carbonyl (C=O) groups is 3. The predicted molar refractivity (Wildman–Crippen MR) is 103 cm³/mol. The predicted octanol–water partition coefficient (Wildman–Crippen LogP) is 1.95. The molecule has 3 N–H and O–H groups in total. The Morgan fingerprint density at radius 2 is 1.63 bits per heavy atom. The van der Waals surface area contributed by atoms with Gasteiger partial charge in [-0.1, -0.05) is 46.8 Å². The quantitative estimate of drug-likeness (QED) is 0.641. The van der Waals surface area contributed by atoms with Crippen molar-refractivity contribution in [3.05, 3.63) is 35.4 Å². The summed E-state index contributed by atoms with van der Waals surface area (Å²) in [6, 6.07) is 5.17. The van der Waals surface area contributed by atoms with Crippen LogP contribution in [0.3, 0.4) is 0 Å². The number of amides is 2. The van der Waals surface area contributed by atoms with Crippen LogP contribution in [0, 0.1) is 5.92 Å². The lowest BCUT2D eigenvalue weighted by Gasteiger charge is -2.24. The number of rotatable bonds is 8. The lowest BCUT2D eigenvalue weighted by Crippen LogP contribution is -2.54. The fourth-order valence-corrected chi connectivity index (χ4v) is 2.48. The minimum Gasteiger partial charge on any atom is -0.480 e. The van der Waals surface area contributed by atoms with Crippen LogP contribution in [0.15, 0.2) is 24.3 Å². The van der Waals surface area contributed by atoms with Crippen LogP contribution in [-0.4, -0.2) is 48.7 Å². The molecule has 1 rings (SSSR count). The third-order valence-electron chi connectivity index (χ3n) is 4.20. The molecule has 150 valence electrons. The van der Waals surface area contributed by atoms with Crippen LogP contribution in [0.2, 0.25) is 0 Å². The summed E-state index contributed by atoms with van der Waals surface area (Å²) >= 11 is 0. The molecule has 7 heteroatoms. The minimum atomic E-state index is -1.20. The second-order valence-electron chi connectivity index (χ2n) is 7.88. The zero-order valence-electron chi connectivity index (χ0n) is 16.8. The summed E-state index contributed by atoms with van der Waals surface area (Å²) in [4.78, 5) is 36.2. The van der Waals surface area contributed by atoms with Crippen molar-refractivity contribution < 1.29 is 24.2 Å². The normalized spacial score (nSPS) is 13.7. The molecule has 0 fully saturated rings. The Balaban J connectivity index is 2.88. The van der Waals surface area contributed by atoms with Crippen LogP contribution >= 0.6 is 0 Å². The molecule has 0 spiro atoms.